The van der Waals surface area contributed by atoms with Crippen molar-refractivity contribution in [2.24, 2.45) is 0 Å². The number of hydrogen-bond donors (Lipinski definition) is 1. The largest absolute Gasteiger partial charge is 0.480 e. The zero-order chi connectivity index (χ0) is 12.4. The van der Waals surface area contributed by atoms with Crippen LogP contribution in [0, 0.1) is 6.92 Å². The first-order valence-electron chi connectivity index (χ1n) is 5.28. The third-order valence-corrected chi connectivity index (χ3v) is 3.74. The van der Waals surface area contributed by atoms with Gasteiger partial charge < -0.3 is 10.0 Å². The molecular formula is C12H13NO3S. The van der Waals surface area contributed by atoms with Gasteiger partial charge in [-0.3, -0.25) is 4.79 Å². The molecule has 1 unspecified atom stereocenters. The van der Waals surface area contributed by atoms with Crippen LogP contribution in [0.2, 0.25) is 0 Å². The SMILES string of the molecule is Cc1ccc(C(=O)N2CSCC2C(=O)O)cc1. The lowest BCUT2D eigenvalue weighted by molar-refractivity contribution is -0.140. The van der Waals surface area contributed by atoms with Crippen molar-refractivity contribution in [3.63, 3.8) is 0 Å². The van der Waals surface area contributed by atoms with E-state index in [1.54, 1.807) is 12.1 Å². The van der Waals surface area contributed by atoms with Gasteiger partial charge in [-0.2, -0.15) is 0 Å². The molecular weight excluding hydrogens is 238 g/mol. The van der Waals surface area contributed by atoms with Crippen LogP contribution in [0.1, 0.15) is 15.9 Å². The Bertz CT molecular complexity index is 444. The number of nitrogens with zero attached hydrogens (tertiary/aromatic N) is 1. The molecule has 0 saturated carbocycles. The van der Waals surface area contributed by atoms with Crippen LogP contribution in [0.25, 0.3) is 0 Å². The van der Waals surface area contributed by atoms with Gasteiger partial charge in [0.25, 0.3) is 5.91 Å². The summed E-state index contributed by atoms with van der Waals surface area (Å²) in [7, 11) is 0. The topological polar surface area (TPSA) is 57.6 Å². The number of aliphatic carboxylic acids is 1. The highest BCUT2D eigenvalue weighted by Crippen LogP contribution is 2.23. The maximum Gasteiger partial charge on any atom is 0.327 e. The Labute approximate surface area is 104 Å². The van der Waals surface area contributed by atoms with Crippen LogP contribution in [-0.4, -0.2) is 39.6 Å². The number of hydrogen-bond acceptors (Lipinski definition) is 3. The number of carboxylic acid groups (broad SMARTS) is 1. The van der Waals surface area contributed by atoms with Crippen molar-refractivity contribution < 1.29 is 14.7 Å². The molecule has 0 radical (unpaired) electrons. The number of thioether (sulfide) groups is 1. The minimum Gasteiger partial charge on any atom is -0.480 e. The summed E-state index contributed by atoms with van der Waals surface area (Å²) in [6.45, 7) is 1.94. The second-order valence-corrected chi connectivity index (χ2v) is 4.99. The first kappa shape index (κ1) is 12.0. The molecule has 0 aliphatic carbocycles. The van der Waals surface area contributed by atoms with E-state index >= 15 is 0 Å². The highest BCUT2D eigenvalue weighted by atomic mass is 32.2. The number of carbonyl (C=O) groups excluding carboxylic acids is 1. The molecule has 1 atom stereocenters. The summed E-state index contributed by atoms with van der Waals surface area (Å²) in [6, 6.07) is 6.48. The van der Waals surface area contributed by atoms with Crippen molar-refractivity contribution in [2.75, 3.05) is 11.6 Å². The summed E-state index contributed by atoms with van der Waals surface area (Å²) in [6.07, 6.45) is 0. The molecule has 5 heteroatoms. The van der Waals surface area contributed by atoms with Crippen molar-refractivity contribution >= 4 is 23.6 Å². The number of carbonyl (C=O) groups is 2. The lowest BCUT2D eigenvalue weighted by Gasteiger charge is -2.20. The summed E-state index contributed by atoms with van der Waals surface area (Å²) < 4.78 is 0. The predicted octanol–water partition coefficient (Wildman–Crippen LogP) is 1.59. The van der Waals surface area contributed by atoms with Gasteiger partial charge in [-0.1, -0.05) is 17.7 Å². The molecule has 1 saturated heterocycles. The summed E-state index contributed by atoms with van der Waals surface area (Å²) in [5.74, 6) is -0.228. The van der Waals surface area contributed by atoms with E-state index in [9.17, 15) is 9.59 Å². The van der Waals surface area contributed by atoms with Crippen molar-refractivity contribution in [1.29, 1.82) is 0 Å². The molecule has 2 rings (SSSR count). The molecule has 1 aliphatic heterocycles. The Balaban J connectivity index is 2.19. The first-order chi connectivity index (χ1) is 8.09. The minimum absolute atomic E-state index is 0.206. The van der Waals surface area contributed by atoms with E-state index in [2.05, 4.69) is 0 Å². The molecule has 0 spiro atoms. The van der Waals surface area contributed by atoms with Gasteiger partial charge in [0.15, 0.2) is 0 Å². The van der Waals surface area contributed by atoms with Gasteiger partial charge in [0.05, 0.1) is 5.88 Å². The molecule has 1 fully saturated rings. The summed E-state index contributed by atoms with van der Waals surface area (Å²) in [5.41, 5.74) is 1.62. The van der Waals surface area contributed by atoms with Crippen LogP contribution in [-0.2, 0) is 4.79 Å². The van der Waals surface area contributed by atoms with E-state index in [1.807, 2.05) is 19.1 Å². The van der Waals surface area contributed by atoms with E-state index in [0.717, 1.165) is 5.56 Å². The van der Waals surface area contributed by atoms with E-state index in [0.29, 0.717) is 17.2 Å². The van der Waals surface area contributed by atoms with Crippen LogP contribution in [0.4, 0.5) is 0 Å². The second kappa shape index (κ2) is 4.79. The number of carboxylic acids is 1. The lowest BCUT2D eigenvalue weighted by Crippen LogP contribution is -2.41. The average Bonchev–Trinajstić information content (AvgIpc) is 2.78. The Hall–Kier alpha value is -1.49. The van der Waals surface area contributed by atoms with Crippen LogP contribution in [0.3, 0.4) is 0 Å². The van der Waals surface area contributed by atoms with Crippen molar-refractivity contribution in [1.82, 2.24) is 4.90 Å². The molecule has 1 amide bonds. The number of rotatable bonds is 2. The molecule has 4 nitrogen and oxygen atoms in total. The third-order valence-electron chi connectivity index (χ3n) is 2.73. The minimum atomic E-state index is -0.935. The van der Waals surface area contributed by atoms with Gasteiger partial charge in [0, 0.05) is 11.3 Å². The molecule has 1 N–H and O–H groups in total. The van der Waals surface area contributed by atoms with Gasteiger partial charge in [0.1, 0.15) is 6.04 Å². The third kappa shape index (κ3) is 2.44. The zero-order valence-electron chi connectivity index (χ0n) is 9.42. The van der Waals surface area contributed by atoms with Crippen molar-refractivity contribution in [3.05, 3.63) is 35.4 Å². The Morgan fingerprint density at radius 3 is 2.59 bits per heavy atom. The number of aryl methyl sites for hydroxylation is 1. The number of amides is 1. The molecule has 1 aromatic rings. The van der Waals surface area contributed by atoms with E-state index < -0.39 is 12.0 Å². The van der Waals surface area contributed by atoms with E-state index in [4.69, 9.17) is 5.11 Å². The Morgan fingerprint density at radius 1 is 1.35 bits per heavy atom. The van der Waals surface area contributed by atoms with Gasteiger partial charge >= 0.3 is 5.97 Å². The maximum atomic E-state index is 12.1. The van der Waals surface area contributed by atoms with Crippen LogP contribution >= 0.6 is 11.8 Å². The zero-order valence-corrected chi connectivity index (χ0v) is 10.2. The highest BCUT2D eigenvalue weighted by molar-refractivity contribution is 7.99. The highest BCUT2D eigenvalue weighted by Gasteiger charge is 2.34. The van der Waals surface area contributed by atoms with Gasteiger partial charge in [-0.05, 0) is 19.1 Å². The molecule has 1 aliphatic rings. The summed E-state index contributed by atoms with van der Waals surface area (Å²) in [4.78, 5) is 24.5. The molecule has 1 heterocycles. The maximum absolute atomic E-state index is 12.1. The molecule has 0 aromatic heterocycles. The summed E-state index contributed by atoms with van der Waals surface area (Å²) in [5, 5.41) is 9.02. The van der Waals surface area contributed by atoms with Crippen molar-refractivity contribution in [3.8, 4) is 0 Å². The Morgan fingerprint density at radius 2 is 2.00 bits per heavy atom. The first-order valence-corrected chi connectivity index (χ1v) is 6.43. The normalized spacial score (nSPS) is 19.4. The second-order valence-electron chi connectivity index (χ2n) is 3.99. The molecule has 0 bridgehead atoms. The predicted molar refractivity (Wildman–Crippen MR) is 66.1 cm³/mol. The fourth-order valence-corrected chi connectivity index (χ4v) is 2.85. The van der Waals surface area contributed by atoms with Gasteiger partial charge in [-0.15, -0.1) is 11.8 Å². The van der Waals surface area contributed by atoms with Gasteiger partial charge in [0.2, 0.25) is 0 Å². The van der Waals surface area contributed by atoms with Crippen LogP contribution in [0.5, 0.6) is 0 Å². The fraction of sp³-hybridized carbons (Fsp3) is 0.333. The average molecular weight is 251 g/mol. The molecule has 90 valence electrons. The lowest BCUT2D eigenvalue weighted by atomic mass is 10.1. The monoisotopic (exact) mass is 251 g/mol. The standard InChI is InChI=1S/C12H13NO3S/c1-8-2-4-9(5-3-8)11(14)13-7-17-6-10(13)12(15)16/h2-5,10H,6-7H2,1H3,(H,15,16). The van der Waals surface area contributed by atoms with E-state index in [-0.39, 0.29) is 5.91 Å². The number of benzene rings is 1. The fourth-order valence-electron chi connectivity index (χ4n) is 1.71. The quantitative estimate of drug-likeness (QED) is 0.867. The molecule has 17 heavy (non-hydrogen) atoms. The smallest absolute Gasteiger partial charge is 0.327 e. The molecule has 1 aromatic carbocycles. The Kier molecular flexibility index (Phi) is 3.38. The van der Waals surface area contributed by atoms with Gasteiger partial charge in [-0.25, -0.2) is 4.79 Å². The van der Waals surface area contributed by atoms with Crippen LogP contribution < -0.4 is 0 Å². The van der Waals surface area contributed by atoms with Crippen molar-refractivity contribution in [2.45, 2.75) is 13.0 Å². The summed E-state index contributed by atoms with van der Waals surface area (Å²) >= 11 is 1.47. The van der Waals surface area contributed by atoms with E-state index in [1.165, 1.54) is 16.7 Å². The van der Waals surface area contributed by atoms with Crippen LogP contribution in [0.15, 0.2) is 24.3 Å².